The summed E-state index contributed by atoms with van der Waals surface area (Å²) in [6, 6.07) is 10.4. The third-order valence-electron chi connectivity index (χ3n) is 3.40. The Morgan fingerprint density at radius 3 is 2.88 bits per heavy atom. The van der Waals surface area contributed by atoms with Crippen LogP contribution in [0.25, 0.3) is 0 Å². The van der Waals surface area contributed by atoms with Crippen molar-refractivity contribution in [3.05, 3.63) is 48.4 Å². The molecule has 8 nitrogen and oxygen atoms in total. The number of furan rings is 1. The highest BCUT2D eigenvalue weighted by molar-refractivity contribution is 8.15. The van der Waals surface area contributed by atoms with Crippen LogP contribution in [0, 0.1) is 0 Å². The molecule has 1 aromatic carbocycles. The van der Waals surface area contributed by atoms with Gasteiger partial charge in [-0.1, -0.05) is 11.8 Å². The second-order valence-electron chi connectivity index (χ2n) is 5.24. The summed E-state index contributed by atoms with van der Waals surface area (Å²) in [6.07, 6.45) is 3.00. The Bertz CT molecular complexity index is 831. The van der Waals surface area contributed by atoms with E-state index in [9.17, 15) is 9.59 Å². The number of methoxy groups -OCH3 is 1. The molecular formula is C17H16N4O4S. The first-order valence-electron chi connectivity index (χ1n) is 7.70. The van der Waals surface area contributed by atoms with Crippen LogP contribution in [0.4, 0.5) is 5.69 Å². The summed E-state index contributed by atoms with van der Waals surface area (Å²) in [5, 5.41) is 12.8. The largest absolute Gasteiger partial charge is 0.497 e. The standard InChI is InChI=1S/C17H16N4O4S/c1-24-12-6-4-11(5-7-12)19-16(23)14-9-15(22)20-17(26-14)21-18-10-13-3-2-8-25-13/h2-8,10,14H,9H2,1H3,(H,19,23)(H,20,21,22). The zero-order chi connectivity index (χ0) is 18.4. The first kappa shape index (κ1) is 17.7. The van der Waals surface area contributed by atoms with Crippen LogP contribution in [0.3, 0.4) is 0 Å². The van der Waals surface area contributed by atoms with E-state index in [0.717, 1.165) is 11.8 Å². The summed E-state index contributed by atoms with van der Waals surface area (Å²) in [5.41, 5.74) is 0.622. The van der Waals surface area contributed by atoms with E-state index in [4.69, 9.17) is 9.15 Å². The van der Waals surface area contributed by atoms with Crippen molar-refractivity contribution in [3.63, 3.8) is 0 Å². The second-order valence-corrected chi connectivity index (χ2v) is 6.43. The van der Waals surface area contributed by atoms with Gasteiger partial charge in [0.1, 0.15) is 16.8 Å². The van der Waals surface area contributed by atoms with Crippen LogP contribution in [0.2, 0.25) is 0 Å². The topological polar surface area (TPSA) is 105 Å². The predicted octanol–water partition coefficient (Wildman–Crippen LogP) is 2.24. The molecule has 2 aromatic rings. The van der Waals surface area contributed by atoms with Crippen molar-refractivity contribution < 1.29 is 18.7 Å². The fourth-order valence-corrected chi connectivity index (χ4v) is 3.08. The van der Waals surface area contributed by atoms with Crippen molar-refractivity contribution in [2.24, 2.45) is 10.2 Å². The highest BCUT2D eigenvalue weighted by atomic mass is 32.2. The minimum absolute atomic E-state index is 0.0631. The van der Waals surface area contributed by atoms with Crippen molar-refractivity contribution in [2.45, 2.75) is 11.7 Å². The number of anilines is 1. The molecule has 9 heteroatoms. The Labute approximate surface area is 153 Å². The summed E-state index contributed by atoms with van der Waals surface area (Å²) < 4.78 is 10.2. The monoisotopic (exact) mass is 372 g/mol. The quantitative estimate of drug-likeness (QED) is 0.619. The number of hydrogen-bond donors (Lipinski definition) is 2. The van der Waals surface area contributed by atoms with Crippen molar-refractivity contribution in [3.8, 4) is 5.75 Å². The molecule has 0 saturated carbocycles. The third-order valence-corrected chi connectivity index (χ3v) is 4.47. The summed E-state index contributed by atoms with van der Waals surface area (Å²) >= 11 is 1.14. The number of carbonyl (C=O) groups excluding carboxylic acids is 2. The fourth-order valence-electron chi connectivity index (χ4n) is 2.14. The van der Waals surface area contributed by atoms with Gasteiger partial charge in [0.25, 0.3) is 0 Å². The number of nitrogens with one attached hydrogen (secondary N) is 2. The summed E-state index contributed by atoms with van der Waals surface area (Å²) in [5.74, 6) is 0.664. The number of amides is 2. The van der Waals surface area contributed by atoms with Crippen LogP contribution in [0.15, 0.2) is 57.3 Å². The number of thioether (sulfide) groups is 1. The summed E-state index contributed by atoms with van der Waals surface area (Å²) in [4.78, 5) is 24.3. The van der Waals surface area contributed by atoms with Crippen LogP contribution in [-0.2, 0) is 9.59 Å². The molecule has 26 heavy (non-hydrogen) atoms. The van der Waals surface area contributed by atoms with Crippen molar-refractivity contribution in [1.29, 1.82) is 0 Å². The Kier molecular flexibility index (Phi) is 5.69. The Hall–Kier alpha value is -3.07. The van der Waals surface area contributed by atoms with Gasteiger partial charge in [0.15, 0.2) is 5.17 Å². The zero-order valence-electron chi connectivity index (χ0n) is 13.8. The number of amidine groups is 1. The fraction of sp³-hybridized carbons (Fsp3) is 0.176. The van der Waals surface area contributed by atoms with Crippen molar-refractivity contribution >= 4 is 40.6 Å². The molecule has 1 aliphatic heterocycles. The molecule has 0 radical (unpaired) electrons. The van der Waals surface area contributed by atoms with E-state index in [-0.39, 0.29) is 23.4 Å². The summed E-state index contributed by atoms with van der Waals surface area (Å²) in [6.45, 7) is 0. The Morgan fingerprint density at radius 1 is 1.38 bits per heavy atom. The minimum atomic E-state index is -0.594. The molecule has 1 atom stereocenters. The van der Waals surface area contributed by atoms with E-state index < -0.39 is 5.25 Å². The predicted molar refractivity (Wildman–Crippen MR) is 99.5 cm³/mol. The number of benzene rings is 1. The smallest absolute Gasteiger partial charge is 0.238 e. The average molecular weight is 372 g/mol. The number of ether oxygens (including phenoxy) is 1. The van der Waals surface area contributed by atoms with E-state index in [1.807, 2.05) is 0 Å². The SMILES string of the molecule is COc1ccc(NC(=O)C2CC(=O)NC(=NN=Cc3ccco3)S2)cc1. The summed E-state index contributed by atoms with van der Waals surface area (Å²) in [7, 11) is 1.57. The van der Waals surface area contributed by atoms with Gasteiger partial charge in [-0.25, -0.2) is 0 Å². The highest BCUT2D eigenvalue weighted by Gasteiger charge is 2.30. The molecule has 2 heterocycles. The van der Waals surface area contributed by atoms with Gasteiger partial charge in [-0.15, -0.1) is 5.10 Å². The van der Waals surface area contributed by atoms with Crippen LogP contribution in [-0.4, -0.2) is 35.6 Å². The lowest BCUT2D eigenvalue weighted by molar-refractivity contribution is -0.123. The Balaban J connectivity index is 1.63. The molecule has 1 fully saturated rings. The maximum absolute atomic E-state index is 12.4. The Morgan fingerprint density at radius 2 is 2.19 bits per heavy atom. The van der Waals surface area contributed by atoms with Gasteiger partial charge in [-0.05, 0) is 36.4 Å². The van der Waals surface area contributed by atoms with E-state index >= 15 is 0 Å². The molecule has 0 bridgehead atoms. The van der Waals surface area contributed by atoms with Gasteiger partial charge >= 0.3 is 0 Å². The molecular weight excluding hydrogens is 356 g/mol. The molecule has 1 saturated heterocycles. The average Bonchev–Trinajstić information content (AvgIpc) is 3.15. The lowest BCUT2D eigenvalue weighted by Crippen LogP contribution is -2.41. The van der Waals surface area contributed by atoms with E-state index in [1.165, 1.54) is 12.5 Å². The first-order chi connectivity index (χ1) is 12.6. The molecule has 1 aromatic heterocycles. The van der Waals surface area contributed by atoms with Crippen LogP contribution >= 0.6 is 11.8 Å². The normalized spacial score (nSPS) is 18.7. The lowest BCUT2D eigenvalue weighted by atomic mass is 10.2. The van der Waals surface area contributed by atoms with Crippen LogP contribution < -0.4 is 15.4 Å². The lowest BCUT2D eigenvalue weighted by Gasteiger charge is -2.21. The molecule has 134 valence electrons. The van der Waals surface area contributed by atoms with Crippen molar-refractivity contribution in [2.75, 3.05) is 12.4 Å². The third kappa shape index (κ3) is 4.73. The number of carbonyl (C=O) groups is 2. The first-order valence-corrected chi connectivity index (χ1v) is 8.58. The molecule has 1 unspecified atom stereocenters. The molecule has 3 rings (SSSR count). The highest BCUT2D eigenvalue weighted by Crippen LogP contribution is 2.23. The molecule has 0 aliphatic carbocycles. The van der Waals surface area contributed by atoms with Gasteiger partial charge < -0.3 is 19.8 Å². The number of nitrogens with zero attached hydrogens (tertiary/aromatic N) is 2. The van der Waals surface area contributed by atoms with E-state index in [0.29, 0.717) is 17.2 Å². The number of rotatable bonds is 5. The molecule has 2 amide bonds. The van der Waals surface area contributed by atoms with Gasteiger partial charge in [0, 0.05) is 12.1 Å². The van der Waals surface area contributed by atoms with Gasteiger partial charge in [-0.3, -0.25) is 9.59 Å². The van der Waals surface area contributed by atoms with E-state index in [1.54, 1.807) is 43.5 Å². The molecule has 0 spiro atoms. The van der Waals surface area contributed by atoms with E-state index in [2.05, 4.69) is 20.8 Å². The van der Waals surface area contributed by atoms with Gasteiger partial charge in [-0.2, -0.15) is 5.10 Å². The second kappa shape index (κ2) is 8.34. The van der Waals surface area contributed by atoms with Crippen LogP contribution in [0.1, 0.15) is 12.2 Å². The van der Waals surface area contributed by atoms with Gasteiger partial charge in [0.05, 0.1) is 19.6 Å². The number of hydrogen-bond acceptors (Lipinski definition) is 7. The zero-order valence-corrected chi connectivity index (χ0v) is 14.7. The van der Waals surface area contributed by atoms with Gasteiger partial charge in [0.2, 0.25) is 11.8 Å². The molecule has 1 aliphatic rings. The maximum Gasteiger partial charge on any atom is 0.238 e. The molecule has 2 N–H and O–H groups in total. The van der Waals surface area contributed by atoms with Crippen LogP contribution in [0.5, 0.6) is 5.75 Å². The van der Waals surface area contributed by atoms with Crippen molar-refractivity contribution in [1.82, 2.24) is 5.32 Å². The maximum atomic E-state index is 12.4. The minimum Gasteiger partial charge on any atom is -0.497 e.